The van der Waals surface area contributed by atoms with Crippen LogP contribution in [-0.2, 0) is 9.45 Å². The molecule has 0 aliphatic heterocycles. The maximum Gasteiger partial charge on any atom is 0.273 e. The van der Waals surface area contributed by atoms with Crippen molar-refractivity contribution in [3.05, 3.63) is 0 Å². The summed E-state index contributed by atoms with van der Waals surface area (Å²) in [6.07, 6.45) is 0. The van der Waals surface area contributed by atoms with Crippen molar-refractivity contribution in [3.63, 3.8) is 0 Å². The number of hydrogen-bond acceptors (Lipinski definition) is 3. The Kier molecular flexibility index (Phi) is 3.84. The molecule has 0 bridgehead atoms. The highest BCUT2D eigenvalue weighted by atomic mass is 35.5. The fraction of sp³-hybridized carbons (Fsp3) is 0.500. The molecule has 5 heteroatoms. The first-order valence-corrected chi connectivity index (χ1v) is 2.55. The second kappa shape index (κ2) is 3.96. The van der Waals surface area contributed by atoms with E-state index in [0.717, 1.165) is 0 Å². The smallest absolute Gasteiger partial charge is 0.273 e. The zero-order valence-corrected chi connectivity index (χ0v) is 4.73. The van der Waals surface area contributed by atoms with Gasteiger partial charge < -0.3 is 10.3 Å². The van der Waals surface area contributed by atoms with Gasteiger partial charge in [0.05, 0.1) is 0 Å². The number of halogens is 1. The molecule has 2 N–H and O–H groups in total. The summed E-state index contributed by atoms with van der Waals surface area (Å²) in [6.45, 7) is 0. The SMILES string of the molecule is N[BH2-]OC(=O)CCl. The minimum Gasteiger partial charge on any atom is -0.679 e. The summed E-state index contributed by atoms with van der Waals surface area (Å²) < 4.78 is 4.32. The van der Waals surface area contributed by atoms with Crippen LogP contribution in [0.1, 0.15) is 0 Å². The van der Waals surface area contributed by atoms with Gasteiger partial charge in [-0.2, -0.15) is 0 Å². The molecular weight excluding hydrogens is 116 g/mol. The molecular formula is C2H6BClNO2-. The zero-order valence-electron chi connectivity index (χ0n) is 3.98. The van der Waals surface area contributed by atoms with Gasteiger partial charge in [-0.25, -0.2) is 0 Å². The van der Waals surface area contributed by atoms with Crippen molar-refractivity contribution in [2.45, 2.75) is 0 Å². The number of carbonyl (C=O) groups excluding carboxylic acids is 1. The van der Waals surface area contributed by atoms with E-state index in [-0.39, 0.29) is 5.88 Å². The Labute approximate surface area is 47.1 Å². The summed E-state index contributed by atoms with van der Waals surface area (Å²) in [5, 5.41) is 0. The Morgan fingerprint density at radius 2 is 2.57 bits per heavy atom. The van der Waals surface area contributed by atoms with Gasteiger partial charge in [0.15, 0.2) is 0 Å². The maximum absolute atomic E-state index is 10.0. The number of alkyl halides is 1. The normalized spacial score (nSPS) is 8.29. The van der Waals surface area contributed by atoms with E-state index in [4.69, 9.17) is 17.2 Å². The van der Waals surface area contributed by atoms with E-state index in [1.165, 1.54) is 0 Å². The van der Waals surface area contributed by atoms with Crippen molar-refractivity contribution in [1.29, 1.82) is 0 Å². The molecule has 0 saturated heterocycles. The van der Waals surface area contributed by atoms with Crippen LogP contribution in [0.3, 0.4) is 0 Å². The molecule has 0 atom stereocenters. The molecule has 0 radical (unpaired) electrons. The average Bonchev–Trinajstić information content (AvgIpc) is 1.68. The highest BCUT2D eigenvalue weighted by Crippen LogP contribution is 1.76. The first kappa shape index (κ1) is 6.78. The first-order valence-electron chi connectivity index (χ1n) is 2.01. The maximum atomic E-state index is 10.0. The van der Waals surface area contributed by atoms with Gasteiger partial charge in [-0.1, -0.05) is 0 Å². The summed E-state index contributed by atoms with van der Waals surface area (Å²) in [7, 11) is -0.980. The van der Waals surface area contributed by atoms with Crippen LogP contribution in [0.15, 0.2) is 0 Å². The summed E-state index contributed by atoms with van der Waals surface area (Å²) in [4.78, 5) is 10.0. The second-order valence-electron chi connectivity index (χ2n) is 0.945. The molecule has 0 spiro atoms. The molecule has 0 aromatic rings. The van der Waals surface area contributed by atoms with Crippen molar-refractivity contribution < 1.29 is 9.45 Å². The largest absolute Gasteiger partial charge is 0.679 e. The molecule has 0 saturated carbocycles. The summed E-state index contributed by atoms with van der Waals surface area (Å²) in [5.74, 6) is -0.523. The molecule has 0 aromatic carbocycles. The van der Waals surface area contributed by atoms with Gasteiger partial charge in [0, 0.05) is 0 Å². The minimum absolute atomic E-state index is 0.0965. The monoisotopic (exact) mass is 122 g/mol. The number of nitrogens with two attached hydrogens (primary N) is 1. The van der Waals surface area contributed by atoms with Crippen molar-refractivity contribution in [1.82, 2.24) is 0 Å². The highest BCUT2D eigenvalue weighted by molar-refractivity contribution is 6.31. The lowest BCUT2D eigenvalue weighted by molar-refractivity contribution is -0.131. The van der Waals surface area contributed by atoms with E-state index in [1.807, 2.05) is 0 Å². The molecule has 3 nitrogen and oxygen atoms in total. The third-order valence-corrected chi connectivity index (χ3v) is 0.673. The van der Waals surface area contributed by atoms with Crippen LogP contribution in [-0.4, -0.2) is 19.5 Å². The number of hydrogen-bond donors (Lipinski definition) is 1. The fourth-order valence-electron chi connectivity index (χ4n) is 0.186. The lowest BCUT2D eigenvalue weighted by atomic mass is 10.3. The Morgan fingerprint density at radius 1 is 2.00 bits per heavy atom. The van der Waals surface area contributed by atoms with Gasteiger partial charge >= 0.3 is 0 Å². The van der Waals surface area contributed by atoms with Crippen molar-refractivity contribution >= 4 is 25.2 Å². The minimum atomic E-state index is -0.980. The van der Waals surface area contributed by atoms with Gasteiger partial charge in [-0.15, -0.1) is 11.6 Å². The Bertz CT molecular complexity index is 68.7. The van der Waals surface area contributed by atoms with Crippen LogP contribution in [0.4, 0.5) is 0 Å². The standard InChI is InChI=1S/C2H6BClNO2/c4-1-2(6)7-3-5/h1,3,5H2/q-1. The molecule has 0 aromatic heterocycles. The predicted molar refractivity (Wildman–Crippen MR) is 29.5 cm³/mol. The van der Waals surface area contributed by atoms with E-state index in [0.29, 0.717) is 0 Å². The fourth-order valence-corrected chi connectivity index (χ4v) is 0.295. The molecule has 7 heavy (non-hydrogen) atoms. The van der Waals surface area contributed by atoms with E-state index in [2.05, 4.69) is 4.65 Å². The third kappa shape index (κ3) is 3.62. The molecule has 0 unspecified atom stereocenters. The molecule has 0 aliphatic carbocycles. The van der Waals surface area contributed by atoms with Crippen LogP contribution >= 0.6 is 11.6 Å². The van der Waals surface area contributed by atoms with Gasteiger partial charge in [0.2, 0.25) is 7.62 Å². The van der Waals surface area contributed by atoms with E-state index in [9.17, 15) is 4.79 Å². The topological polar surface area (TPSA) is 52.3 Å². The second-order valence-corrected chi connectivity index (χ2v) is 1.21. The van der Waals surface area contributed by atoms with Gasteiger partial charge in [0.1, 0.15) is 5.88 Å². The molecule has 0 heterocycles. The lowest BCUT2D eigenvalue weighted by Gasteiger charge is -2.02. The molecule has 0 amide bonds. The molecule has 0 aliphatic rings. The number of carbonyl (C=O) groups is 1. The van der Waals surface area contributed by atoms with Crippen molar-refractivity contribution in [2.75, 3.05) is 5.88 Å². The molecule has 0 rings (SSSR count). The zero-order chi connectivity index (χ0) is 5.70. The van der Waals surface area contributed by atoms with Crippen LogP contribution in [0.5, 0.6) is 0 Å². The Morgan fingerprint density at radius 3 is 2.71 bits per heavy atom. The Balaban J connectivity index is 3.00. The molecule has 0 fully saturated rings. The lowest BCUT2D eigenvalue weighted by Crippen LogP contribution is -2.16. The van der Waals surface area contributed by atoms with E-state index < -0.39 is 13.6 Å². The van der Waals surface area contributed by atoms with Crippen LogP contribution in [0.25, 0.3) is 0 Å². The van der Waals surface area contributed by atoms with Crippen molar-refractivity contribution in [2.24, 2.45) is 5.64 Å². The van der Waals surface area contributed by atoms with Gasteiger partial charge in [-0.05, 0) is 0 Å². The van der Waals surface area contributed by atoms with Crippen LogP contribution in [0, 0.1) is 0 Å². The molecule has 42 valence electrons. The summed E-state index contributed by atoms with van der Waals surface area (Å²) >= 11 is 5.02. The van der Waals surface area contributed by atoms with Crippen LogP contribution in [0.2, 0.25) is 0 Å². The summed E-state index contributed by atoms with van der Waals surface area (Å²) in [5.41, 5.74) is 4.93. The number of rotatable bonds is 2. The Hall–Kier alpha value is -0.215. The third-order valence-electron chi connectivity index (χ3n) is 0.455. The van der Waals surface area contributed by atoms with Crippen LogP contribution < -0.4 is 5.64 Å². The first-order chi connectivity index (χ1) is 3.31. The highest BCUT2D eigenvalue weighted by Gasteiger charge is 1.88. The van der Waals surface area contributed by atoms with Gasteiger partial charge in [0.25, 0.3) is 5.97 Å². The average molecular weight is 122 g/mol. The van der Waals surface area contributed by atoms with Gasteiger partial charge in [-0.3, -0.25) is 4.79 Å². The van der Waals surface area contributed by atoms with E-state index in [1.54, 1.807) is 0 Å². The quantitative estimate of drug-likeness (QED) is 0.367. The summed E-state index contributed by atoms with van der Waals surface area (Å²) in [6, 6.07) is 0. The van der Waals surface area contributed by atoms with E-state index >= 15 is 0 Å². The predicted octanol–water partition coefficient (Wildman–Crippen LogP) is -1.27. The van der Waals surface area contributed by atoms with Crippen molar-refractivity contribution in [3.8, 4) is 0 Å².